The predicted molar refractivity (Wildman–Crippen MR) is 111 cm³/mol. The SMILES string of the molecule is O=S(=O)(c1ccc(CN2C=Cc3ccoc3C2)cc1)c1cccc2ccsc12. The minimum atomic E-state index is -3.55. The van der Waals surface area contributed by atoms with E-state index in [0.29, 0.717) is 22.9 Å². The van der Waals surface area contributed by atoms with Crippen LogP contribution in [0.25, 0.3) is 16.2 Å². The van der Waals surface area contributed by atoms with E-state index in [1.165, 1.54) is 11.3 Å². The Bertz CT molecular complexity index is 1280. The highest BCUT2D eigenvalue weighted by molar-refractivity contribution is 7.92. The standard InChI is InChI=1S/C22H17NO3S2/c24-28(25,21-3-1-2-18-10-13-27-22(18)21)19-6-4-16(5-7-19)14-23-11-8-17-9-12-26-20(17)15-23/h1-13H,14-15H2. The van der Waals surface area contributed by atoms with Gasteiger partial charge in [0.05, 0.1) is 27.3 Å². The number of hydrogen-bond acceptors (Lipinski definition) is 5. The van der Waals surface area contributed by atoms with Crippen molar-refractivity contribution in [2.45, 2.75) is 22.9 Å². The topological polar surface area (TPSA) is 50.5 Å². The van der Waals surface area contributed by atoms with E-state index in [4.69, 9.17) is 4.42 Å². The number of furan rings is 1. The zero-order valence-corrected chi connectivity index (χ0v) is 16.5. The molecule has 2 aromatic heterocycles. The lowest BCUT2D eigenvalue weighted by Gasteiger charge is -2.22. The van der Waals surface area contributed by atoms with Crippen LogP contribution in [-0.4, -0.2) is 13.3 Å². The second-order valence-corrected chi connectivity index (χ2v) is 9.60. The minimum Gasteiger partial charge on any atom is -0.467 e. The zero-order valence-electron chi connectivity index (χ0n) is 14.9. The molecular formula is C22H17NO3S2. The van der Waals surface area contributed by atoms with Crippen molar-refractivity contribution in [3.8, 4) is 0 Å². The van der Waals surface area contributed by atoms with Crippen molar-refractivity contribution in [2.75, 3.05) is 0 Å². The van der Waals surface area contributed by atoms with Crippen molar-refractivity contribution in [1.29, 1.82) is 0 Å². The summed E-state index contributed by atoms with van der Waals surface area (Å²) < 4.78 is 32.6. The maximum absolute atomic E-state index is 13.1. The summed E-state index contributed by atoms with van der Waals surface area (Å²) in [6, 6.07) is 16.5. The number of sulfone groups is 1. The Labute approximate surface area is 167 Å². The van der Waals surface area contributed by atoms with Crippen LogP contribution in [0.5, 0.6) is 0 Å². The number of nitrogens with zero attached hydrogens (tertiary/aromatic N) is 1. The van der Waals surface area contributed by atoms with Crippen LogP contribution >= 0.6 is 11.3 Å². The van der Waals surface area contributed by atoms with Crippen LogP contribution in [0.4, 0.5) is 0 Å². The normalized spacial score (nSPS) is 13.8. The first-order valence-corrected chi connectivity index (χ1v) is 11.3. The Balaban J connectivity index is 1.40. The van der Waals surface area contributed by atoms with E-state index in [2.05, 4.69) is 4.90 Å². The summed E-state index contributed by atoms with van der Waals surface area (Å²) >= 11 is 1.45. The molecule has 6 heteroatoms. The highest BCUT2D eigenvalue weighted by atomic mass is 32.2. The molecule has 140 valence electrons. The molecular weight excluding hydrogens is 390 g/mol. The van der Waals surface area contributed by atoms with Gasteiger partial charge < -0.3 is 9.32 Å². The van der Waals surface area contributed by atoms with Gasteiger partial charge in [-0.3, -0.25) is 0 Å². The van der Waals surface area contributed by atoms with Crippen LogP contribution in [0.3, 0.4) is 0 Å². The quantitative estimate of drug-likeness (QED) is 0.460. The molecule has 0 saturated carbocycles. The highest BCUT2D eigenvalue weighted by Crippen LogP contribution is 2.32. The maximum Gasteiger partial charge on any atom is 0.208 e. The minimum absolute atomic E-state index is 0.319. The zero-order chi connectivity index (χ0) is 19.1. The van der Waals surface area contributed by atoms with E-state index in [1.54, 1.807) is 30.5 Å². The third-order valence-corrected chi connectivity index (χ3v) is 7.85. The number of rotatable bonds is 4. The first kappa shape index (κ1) is 17.3. The smallest absolute Gasteiger partial charge is 0.208 e. The van der Waals surface area contributed by atoms with E-state index in [9.17, 15) is 8.42 Å². The molecule has 0 aliphatic carbocycles. The molecule has 0 atom stereocenters. The van der Waals surface area contributed by atoms with Gasteiger partial charge in [0, 0.05) is 18.3 Å². The van der Waals surface area contributed by atoms with Gasteiger partial charge in [0.1, 0.15) is 5.76 Å². The number of thiophene rings is 1. The van der Waals surface area contributed by atoms with Crippen LogP contribution in [0.1, 0.15) is 16.9 Å². The third-order valence-electron chi connectivity index (χ3n) is 4.94. The Morgan fingerprint density at radius 2 is 1.89 bits per heavy atom. The highest BCUT2D eigenvalue weighted by Gasteiger charge is 2.21. The summed E-state index contributed by atoms with van der Waals surface area (Å²) in [6.07, 6.45) is 5.77. The van der Waals surface area contributed by atoms with Gasteiger partial charge >= 0.3 is 0 Å². The second-order valence-electron chi connectivity index (χ2n) is 6.76. The lowest BCUT2D eigenvalue weighted by atomic mass is 10.1. The fourth-order valence-corrected chi connectivity index (χ4v) is 6.12. The number of hydrogen-bond donors (Lipinski definition) is 0. The lowest BCUT2D eigenvalue weighted by molar-refractivity contribution is 0.319. The second kappa shape index (κ2) is 6.65. The monoisotopic (exact) mass is 407 g/mol. The molecule has 5 rings (SSSR count). The first-order valence-electron chi connectivity index (χ1n) is 8.90. The van der Waals surface area contributed by atoms with Gasteiger partial charge in [0.2, 0.25) is 9.84 Å². The van der Waals surface area contributed by atoms with Gasteiger partial charge in [-0.05, 0) is 52.7 Å². The van der Waals surface area contributed by atoms with E-state index >= 15 is 0 Å². The van der Waals surface area contributed by atoms with E-state index in [0.717, 1.165) is 27.0 Å². The lowest BCUT2D eigenvalue weighted by Crippen LogP contribution is -2.18. The molecule has 28 heavy (non-hydrogen) atoms. The molecule has 0 unspecified atom stereocenters. The Hall–Kier alpha value is -2.83. The van der Waals surface area contributed by atoms with Crippen molar-refractivity contribution >= 4 is 37.3 Å². The van der Waals surface area contributed by atoms with Gasteiger partial charge in [-0.2, -0.15) is 0 Å². The Morgan fingerprint density at radius 3 is 2.75 bits per heavy atom. The summed E-state index contributed by atoms with van der Waals surface area (Å²) in [7, 11) is -3.55. The van der Waals surface area contributed by atoms with Gasteiger partial charge in [-0.25, -0.2) is 8.42 Å². The fourth-order valence-electron chi connectivity index (χ4n) is 3.47. The van der Waals surface area contributed by atoms with Crippen molar-refractivity contribution in [3.63, 3.8) is 0 Å². The molecule has 0 amide bonds. The van der Waals surface area contributed by atoms with E-state index in [-0.39, 0.29) is 0 Å². The van der Waals surface area contributed by atoms with Crippen molar-refractivity contribution in [3.05, 3.63) is 89.3 Å². The summed E-state index contributed by atoms with van der Waals surface area (Å²) in [5.41, 5.74) is 2.16. The third kappa shape index (κ3) is 2.95. The average molecular weight is 408 g/mol. The van der Waals surface area contributed by atoms with Gasteiger partial charge in [-0.15, -0.1) is 11.3 Å². The molecule has 0 N–H and O–H groups in total. The van der Waals surface area contributed by atoms with Crippen LogP contribution < -0.4 is 0 Å². The largest absolute Gasteiger partial charge is 0.467 e. The maximum atomic E-state index is 13.1. The van der Waals surface area contributed by atoms with Gasteiger partial charge in [0.15, 0.2) is 0 Å². The molecule has 0 bridgehead atoms. The van der Waals surface area contributed by atoms with Crippen LogP contribution in [-0.2, 0) is 22.9 Å². The summed E-state index contributed by atoms with van der Waals surface area (Å²) in [5.74, 6) is 0.950. The summed E-state index contributed by atoms with van der Waals surface area (Å²) in [4.78, 5) is 2.83. The first-order chi connectivity index (χ1) is 13.6. The van der Waals surface area contributed by atoms with Crippen LogP contribution in [0.15, 0.2) is 86.6 Å². The van der Waals surface area contributed by atoms with Crippen LogP contribution in [0.2, 0.25) is 0 Å². The molecule has 0 saturated heterocycles. The van der Waals surface area contributed by atoms with Gasteiger partial charge in [0.25, 0.3) is 0 Å². The molecule has 4 aromatic rings. The molecule has 0 radical (unpaired) electrons. The number of benzene rings is 2. The fraction of sp³-hybridized carbons (Fsp3) is 0.0909. The van der Waals surface area contributed by atoms with E-state index in [1.807, 2.05) is 48.0 Å². The molecule has 1 aliphatic rings. The van der Waals surface area contributed by atoms with E-state index < -0.39 is 9.84 Å². The Kier molecular flexibility index (Phi) is 4.10. The molecule has 2 aromatic carbocycles. The Morgan fingerprint density at radius 1 is 1.04 bits per heavy atom. The van der Waals surface area contributed by atoms with Crippen LogP contribution in [0, 0.1) is 0 Å². The molecule has 0 fully saturated rings. The molecule has 1 aliphatic heterocycles. The molecule has 4 nitrogen and oxygen atoms in total. The molecule has 3 heterocycles. The average Bonchev–Trinajstić information content (AvgIpc) is 3.37. The summed E-state index contributed by atoms with van der Waals surface area (Å²) in [5, 5.41) is 2.88. The van der Waals surface area contributed by atoms with Crippen molar-refractivity contribution in [2.24, 2.45) is 0 Å². The molecule has 0 spiro atoms. The summed E-state index contributed by atoms with van der Waals surface area (Å²) in [6.45, 7) is 1.40. The van der Waals surface area contributed by atoms with Gasteiger partial charge in [-0.1, -0.05) is 24.3 Å². The van der Waals surface area contributed by atoms with Crippen molar-refractivity contribution in [1.82, 2.24) is 4.90 Å². The number of fused-ring (bicyclic) bond motifs is 2. The van der Waals surface area contributed by atoms with Crippen molar-refractivity contribution < 1.29 is 12.8 Å². The predicted octanol–water partition coefficient (Wildman–Crippen LogP) is 5.31.